The maximum absolute atomic E-state index is 13.5. The van der Waals surface area contributed by atoms with Gasteiger partial charge in [-0.15, -0.1) is 0 Å². The van der Waals surface area contributed by atoms with Crippen molar-refractivity contribution in [2.24, 2.45) is 0 Å². The van der Waals surface area contributed by atoms with E-state index in [4.69, 9.17) is 16.3 Å². The number of rotatable bonds is 8. The smallest absolute Gasteiger partial charge is 0.263 e. The average molecular weight is 625 g/mol. The fraction of sp³-hybridized carbons (Fsp3) is 0.207. The van der Waals surface area contributed by atoms with E-state index in [0.717, 1.165) is 23.6 Å². The molecule has 4 aromatic rings. The minimum atomic E-state index is -4.21. The Bertz CT molecular complexity index is 1860. The Balaban J connectivity index is 1.43. The molecule has 0 atom stereocenters. The maximum Gasteiger partial charge on any atom is 0.263 e. The van der Waals surface area contributed by atoms with Crippen molar-refractivity contribution < 1.29 is 27.1 Å². The fourth-order valence-corrected chi connectivity index (χ4v) is 6.23. The highest BCUT2D eigenvalue weighted by atomic mass is 35.5. The number of amides is 1. The van der Waals surface area contributed by atoms with Crippen molar-refractivity contribution in [3.05, 3.63) is 78.0 Å². The summed E-state index contributed by atoms with van der Waals surface area (Å²) in [5.74, 6) is -0.358. The number of allylic oxidation sites excluding steroid dienone is 1. The van der Waals surface area contributed by atoms with Crippen molar-refractivity contribution >= 4 is 55.7 Å². The summed E-state index contributed by atoms with van der Waals surface area (Å²) in [5.41, 5.74) is 2.05. The molecule has 0 spiro atoms. The molecule has 1 saturated heterocycles. The summed E-state index contributed by atoms with van der Waals surface area (Å²) in [6.07, 6.45) is 5.57. The Morgan fingerprint density at radius 1 is 1.00 bits per heavy atom. The summed E-state index contributed by atoms with van der Waals surface area (Å²) in [4.78, 5) is 40.2. The zero-order valence-corrected chi connectivity index (χ0v) is 24.7. The minimum Gasteiger partial charge on any atom is -0.480 e. The van der Waals surface area contributed by atoms with Crippen molar-refractivity contribution in [2.45, 2.75) is 11.8 Å². The largest absolute Gasteiger partial charge is 0.480 e. The van der Waals surface area contributed by atoms with Crippen LogP contribution in [-0.4, -0.2) is 73.2 Å². The number of anilines is 2. The van der Waals surface area contributed by atoms with E-state index in [2.05, 4.69) is 24.6 Å². The number of benzene rings is 2. The number of methoxy groups -OCH3 is 1. The number of ether oxygens (including phenoxy) is 1. The van der Waals surface area contributed by atoms with Crippen molar-refractivity contribution in [1.82, 2.24) is 19.9 Å². The molecule has 1 amide bonds. The lowest BCUT2D eigenvalue weighted by Crippen LogP contribution is -2.48. The summed E-state index contributed by atoms with van der Waals surface area (Å²) < 4.78 is 47.5. The molecule has 2 aromatic carbocycles. The molecule has 1 aliphatic rings. The Morgan fingerprint density at radius 2 is 1.77 bits per heavy atom. The predicted molar refractivity (Wildman–Crippen MR) is 160 cm³/mol. The van der Waals surface area contributed by atoms with Crippen LogP contribution < -0.4 is 14.4 Å². The lowest BCUT2D eigenvalue weighted by molar-refractivity contribution is -0.126. The van der Waals surface area contributed by atoms with Gasteiger partial charge in [-0.2, -0.15) is 0 Å². The fourth-order valence-electron chi connectivity index (χ4n) is 4.65. The summed E-state index contributed by atoms with van der Waals surface area (Å²) in [7, 11) is -2.85. The Hall–Kier alpha value is -4.62. The van der Waals surface area contributed by atoms with Crippen molar-refractivity contribution in [3.8, 4) is 17.0 Å². The van der Waals surface area contributed by atoms with Gasteiger partial charge in [0.25, 0.3) is 10.0 Å². The van der Waals surface area contributed by atoms with Crippen LogP contribution in [0.3, 0.4) is 0 Å². The van der Waals surface area contributed by atoms with Gasteiger partial charge in [-0.05, 0) is 55.0 Å². The molecule has 1 aliphatic heterocycles. The van der Waals surface area contributed by atoms with Crippen LogP contribution in [0.5, 0.6) is 5.88 Å². The van der Waals surface area contributed by atoms with Crippen molar-refractivity contribution in [3.63, 3.8) is 0 Å². The second-order valence-electron chi connectivity index (χ2n) is 9.65. The molecule has 0 radical (unpaired) electrons. The second-order valence-corrected chi connectivity index (χ2v) is 11.7. The van der Waals surface area contributed by atoms with E-state index in [1.54, 1.807) is 17.2 Å². The molecule has 0 saturated carbocycles. The predicted octanol–water partition coefficient (Wildman–Crippen LogP) is 4.09. The van der Waals surface area contributed by atoms with Gasteiger partial charge in [0, 0.05) is 49.4 Å². The van der Waals surface area contributed by atoms with Gasteiger partial charge >= 0.3 is 0 Å². The number of sulfonamides is 1. The van der Waals surface area contributed by atoms with E-state index < -0.39 is 15.8 Å². The molecule has 43 heavy (non-hydrogen) atoms. The van der Waals surface area contributed by atoms with E-state index >= 15 is 0 Å². The van der Waals surface area contributed by atoms with Crippen LogP contribution in [0.2, 0.25) is 5.02 Å². The summed E-state index contributed by atoms with van der Waals surface area (Å²) in [6, 6.07) is 10.1. The van der Waals surface area contributed by atoms with Crippen LogP contribution in [0.15, 0.2) is 72.0 Å². The molecule has 5 rings (SSSR count). The van der Waals surface area contributed by atoms with Crippen LogP contribution in [0.1, 0.15) is 6.92 Å². The summed E-state index contributed by atoms with van der Waals surface area (Å²) in [5, 5.41) is 0.489. The topological polar surface area (TPSA) is 135 Å². The first-order valence-corrected chi connectivity index (χ1v) is 14.9. The quantitative estimate of drug-likeness (QED) is 0.288. The van der Waals surface area contributed by atoms with Gasteiger partial charge in [0.05, 0.1) is 17.6 Å². The van der Waals surface area contributed by atoms with Gasteiger partial charge in [-0.25, -0.2) is 27.8 Å². The molecule has 0 aliphatic carbocycles. The summed E-state index contributed by atoms with van der Waals surface area (Å²) >= 11 is 6.01. The lowest BCUT2D eigenvalue weighted by atomic mass is 10.0. The normalized spacial score (nSPS) is 13.9. The molecule has 14 heteroatoms. The van der Waals surface area contributed by atoms with Crippen LogP contribution >= 0.6 is 11.6 Å². The third kappa shape index (κ3) is 6.57. The van der Waals surface area contributed by atoms with Crippen molar-refractivity contribution in [1.29, 1.82) is 0 Å². The molecule has 2 aromatic heterocycles. The molecular weight excluding hydrogens is 599 g/mol. The first-order valence-electron chi connectivity index (χ1n) is 13.1. The number of pyridine rings is 1. The van der Waals surface area contributed by atoms with E-state index in [1.807, 2.05) is 18.2 Å². The van der Waals surface area contributed by atoms with Gasteiger partial charge in [0.15, 0.2) is 5.78 Å². The van der Waals surface area contributed by atoms with E-state index in [1.165, 1.54) is 32.5 Å². The molecule has 0 bridgehead atoms. The van der Waals surface area contributed by atoms with Crippen LogP contribution in [0, 0.1) is 5.82 Å². The van der Waals surface area contributed by atoms with Crippen molar-refractivity contribution in [2.75, 3.05) is 42.9 Å². The summed E-state index contributed by atoms with van der Waals surface area (Å²) in [6.45, 7) is 3.35. The number of carbonyl (C=O) groups is 2. The standard InChI is InChI=1S/C29H26ClFN6O5S/c1-18(38)3-8-27(39)36-9-11-37(12-10-36)28-22-13-19(4-6-24(22)33-17-34-28)20-14-25(29(42-2)32-16-20)35-43(40,41)26-7-5-21(31)15-23(26)30/h3-8,13-17,35H,9-12H2,1-2H3. The van der Waals surface area contributed by atoms with Gasteiger partial charge in [-0.1, -0.05) is 17.7 Å². The molecule has 1 fully saturated rings. The SMILES string of the molecule is COc1ncc(-c2ccc3ncnc(N4CCN(C(=O)C=CC(C)=O)CC4)c3c2)cc1NS(=O)(=O)c1ccc(F)cc1Cl. The highest BCUT2D eigenvalue weighted by Crippen LogP contribution is 2.34. The number of ketones is 1. The average Bonchev–Trinajstić information content (AvgIpc) is 2.99. The number of hydrogen-bond donors (Lipinski definition) is 1. The number of piperazine rings is 1. The van der Waals surface area contributed by atoms with E-state index in [-0.39, 0.29) is 33.2 Å². The number of hydrogen-bond acceptors (Lipinski definition) is 9. The minimum absolute atomic E-state index is 0.0286. The van der Waals surface area contributed by atoms with E-state index in [9.17, 15) is 22.4 Å². The number of aromatic nitrogens is 3. The molecule has 222 valence electrons. The van der Waals surface area contributed by atoms with Gasteiger partial charge in [-0.3, -0.25) is 14.3 Å². The van der Waals surface area contributed by atoms with Crippen LogP contribution in [0.25, 0.3) is 22.0 Å². The first-order chi connectivity index (χ1) is 20.6. The molecular formula is C29H26ClFN6O5S. The third-order valence-electron chi connectivity index (χ3n) is 6.77. The number of fused-ring (bicyclic) bond motifs is 1. The molecule has 3 heterocycles. The number of nitrogens with one attached hydrogen (secondary N) is 1. The van der Waals surface area contributed by atoms with Gasteiger partial charge in [0.2, 0.25) is 11.8 Å². The Morgan fingerprint density at radius 3 is 2.47 bits per heavy atom. The monoisotopic (exact) mass is 624 g/mol. The second kappa shape index (κ2) is 12.3. The number of nitrogens with zero attached hydrogens (tertiary/aromatic N) is 5. The molecule has 1 N–H and O–H groups in total. The third-order valence-corrected chi connectivity index (χ3v) is 8.62. The van der Waals surface area contributed by atoms with Crippen LogP contribution in [-0.2, 0) is 19.6 Å². The maximum atomic E-state index is 13.5. The number of halogens is 2. The zero-order chi connectivity index (χ0) is 30.7. The van der Waals surface area contributed by atoms with E-state index in [0.29, 0.717) is 48.6 Å². The molecule has 0 unspecified atom stereocenters. The van der Waals surface area contributed by atoms with Crippen LogP contribution in [0.4, 0.5) is 15.9 Å². The number of carbonyl (C=O) groups excluding carboxylic acids is 2. The molecule has 11 nitrogen and oxygen atoms in total. The highest BCUT2D eigenvalue weighted by Gasteiger charge is 2.24. The lowest BCUT2D eigenvalue weighted by Gasteiger charge is -2.35. The Labute approximate surface area is 252 Å². The highest BCUT2D eigenvalue weighted by molar-refractivity contribution is 7.92. The van der Waals surface area contributed by atoms with Gasteiger partial charge < -0.3 is 14.5 Å². The first kappa shape index (κ1) is 29.9. The Kier molecular flexibility index (Phi) is 8.55. The zero-order valence-electron chi connectivity index (χ0n) is 23.1. The van der Waals surface area contributed by atoms with Gasteiger partial charge in [0.1, 0.15) is 28.5 Å².